The monoisotopic (exact) mass is 1760 g/mol. The number of nitrogens with zero attached hydrogens (tertiary/aromatic N) is 9. The van der Waals surface area contributed by atoms with Gasteiger partial charge in [-0.1, -0.05) is 138 Å². The summed E-state index contributed by atoms with van der Waals surface area (Å²) in [5.41, 5.74) is 7.30. The number of rotatable bonds is 28. The Bertz CT molecular complexity index is 5100. The molecule has 44 heteroatoms. The zero-order chi connectivity index (χ0) is 84.3. The summed E-state index contributed by atoms with van der Waals surface area (Å²) in [5.74, 6) is -9.85. The summed E-state index contributed by atoms with van der Waals surface area (Å²) in [6.45, 7) is 5.12. The number of phenolic OH excluding ortho intramolecular Hbond substituents is 4. The summed E-state index contributed by atoms with van der Waals surface area (Å²) in [7, 11) is 3.48. The molecule has 8 aromatic rings. The van der Waals surface area contributed by atoms with Crippen molar-refractivity contribution in [2.24, 2.45) is 46.6 Å². The second-order valence-corrected chi connectivity index (χ2v) is 24.0. The van der Waals surface area contributed by atoms with Gasteiger partial charge in [-0.3, -0.25) is 33.6 Å². The number of ether oxygens (including phenoxy) is 1. The first-order valence-corrected chi connectivity index (χ1v) is 33.1. The van der Waals surface area contributed by atoms with Gasteiger partial charge in [0.05, 0.1) is 70.7 Å². The van der Waals surface area contributed by atoms with Crippen molar-refractivity contribution in [2.75, 3.05) is 0 Å². The van der Waals surface area contributed by atoms with Crippen LogP contribution in [0.1, 0.15) is 186 Å². The van der Waals surface area contributed by atoms with E-state index in [1.807, 2.05) is 5.23 Å². The summed E-state index contributed by atoms with van der Waals surface area (Å²) in [4.78, 5) is 153. The Balaban J connectivity index is -0.000000295. The number of imide groups is 1. The van der Waals surface area contributed by atoms with Crippen LogP contribution in [0, 0.1) is 0 Å². The fraction of sp³-hybridized carbons (Fsp3) is 0.265. The number of nitrogens with two attached hydrogens (primary N) is 1. The van der Waals surface area contributed by atoms with Crippen molar-refractivity contribution in [3.8, 4) is 23.0 Å². The predicted molar refractivity (Wildman–Crippen MR) is 486 cm³/mol. The summed E-state index contributed by atoms with van der Waals surface area (Å²) < 4.78 is 5.03. The highest BCUT2D eigenvalue weighted by atomic mass is 16.7. The standard InChI is InChI=1S/C20H17BN5O8.C20H22BN4O6.C16H13BN3O6.C15H14BN4O4.12CH4/c27-15-6-5-12(24-25-14-4-2-1-3-13(14)19(31)32)9-11(15)10-16(28)22-21-23-20(33)34-26-17(29)7-8-18(26)30;1-20(2,3)31-19(30)23-21-22-17(27)11-12-10-13(8-9-16(12)26)24-25-15-7-5-4-6-14(15)18(28)29;21-13-6-5-10(7-9(13)8-14(22)18-17-16(25)26)19-20-12-4-2-1-3-11(12)15(23)24;17-16-18-14(22)8-9-7-10(5-6-13(9)21)19-20-12-4-2-1-3-11(12)15(23)24;;;;;;;;;;;;/h1-6,9,27H,7-8,10H2,(H,22,28)(H,23,33)(H,31,32);4-10,26H,11H2,1-3H3,(H,22,27)(H,23,30)(H,28,29);1-7,21H,8H2,(H,18,22)(H,23,24)(H,25,26);1-7,21H,8,17H2,(H,18,22)(H,23,24);12*1H4. The zero-order valence-electron chi connectivity index (χ0n) is 60.5. The molecule has 1 aliphatic rings. The fourth-order valence-corrected chi connectivity index (χ4v) is 9.07. The third-order valence-corrected chi connectivity index (χ3v) is 14.3. The van der Waals surface area contributed by atoms with Gasteiger partial charge in [0.15, 0.2) is 0 Å². The molecule has 0 unspecified atom stereocenters. The van der Waals surface area contributed by atoms with E-state index in [2.05, 4.69) is 71.9 Å². The summed E-state index contributed by atoms with van der Waals surface area (Å²) in [5, 5.41) is 130. The maximum atomic E-state index is 12.1. The smallest absolute Gasteiger partial charge is 0.421 e. The Morgan fingerprint density at radius 3 is 0.866 bits per heavy atom. The Labute approximate surface area is 741 Å². The van der Waals surface area contributed by atoms with Gasteiger partial charge in [0.2, 0.25) is 23.6 Å². The molecular formula is C83H114B4N16O24. The number of aromatic carboxylic acids is 4. The van der Waals surface area contributed by atoms with E-state index in [1.165, 1.54) is 121 Å². The van der Waals surface area contributed by atoms with E-state index in [0.29, 0.717) is 29.4 Å². The lowest BCUT2D eigenvalue weighted by molar-refractivity contribution is -0.171. The molecule has 0 spiro atoms. The van der Waals surface area contributed by atoms with Crippen molar-refractivity contribution < 1.29 is 118 Å². The first-order valence-electron chi connectivity index (χ1n) is 33.1. The van der Waals surface area contributed by atoms with E-state index in [1.54, 1.807) is 69.3 Å². The number of azo groups is 4. The van der Waals surface area contributed by atoms with Crippen molar-refractivity contribution >= 4 is 153 Å². The van der Waals surface area contributed by atoms with Crippen LogP contribution in [0.25, 0.3) is 0 Å². The highest BCUT2D eigenvalue weighted by molar-refractivity contribution is 6.71. The number of carbonyl (C=O) groups excluding carboxylic acids is 8. The van der Waals surface area contributed by atoms with Gasteiger partial charge in [-0.2, -0.15) is 20.5 Å². The molecule has 9 rings (SSSR count). The Morgan fingerprint density at radius 2 is 0.614 bits per heavy atom. The van der Waals surface area contributed by atoms with E-state index in [-0.39, 0.29) is 224 Å². The molecule has 0 bridgehead atoms. The van der Waals surface area contributed by atoms with Crippen LogP contribution < -0.4 is 37.0 Å². The van der Waals surface area contributed by atoms with Crippen LogP contribution in [0.3, 0.4) is 0 Å². The van der Waals surface area contributed by atoms with Gasteiger partial charge < -0.3 is 92.5 Å². The first kappa shape index (κ1) is 125. The Hall–Kier alpha value is -15.5. The predicted octanol–water partition coefficient (Wildman–Crippen LogP) is 16.5. The van der Waals surface area contributed by atoms with E-state index in [4.69, 9.17) is 25.7 Å². The van der Waals surface area contributed by atoms with Crippen LogP contribution in [0.5, 0.6) is 23.0 Å². The fourth-order valence-electron chi connectivity index (χ4n) is 9.07. The van der Waals surface area contributed by atoms with Crippen LogP contribution in [-0.4, -0.2) is 164 Å². The molecule has 4 radical (unpaired) electrons. The number of carboxylic acids is 4. The summed E-state index contributed by atoms with van der Waals surface area (Å²) in [6.07, 6.45) is -2.86. The minimum Gasteiger partial charge on any atom is -0.508 e. The maximum absolute atomic E-state index is 12.1. The molecule has 682 valence electrons. The highest BCUT2D eigenvalue weighted by Gasteiger charge is 2.33. The van der Waals surface area contributed by atoms with Crippen LogP contribution in [0.4, 0.5) is 59.9 Å². The minimum absolute atomic E-state index is 0. The molecule has 1 fully saturated rings. The molecule has 40 nitrogen and oxygen atoms in total. The molecule has 1 saturated heterocycles. The third kappa shape index (κ3) is 42.7. The van der Waals surface area contributed by atoms with Crippen LogP contribution in [-0.2, 0) is 64.0 Å². The van der Waals surface area contributed by atoms with Gasteiger partial charge in [0.1, 0.15) is 51.3 Å². The van der Waals surface area contributed by atoms with Gasteiger partial charge in [0.25, 0.3) is 17.7 Å². The molecule has 17 N–H and O–H groups in total. The van der Waals surface area contributed by atoms with E-state index in [0.717, 1.165) is 22.6 Å². The molecule has 0 aromatic heterocycles. The zero-order valence-corrected chi connectivity index (χ0v) is 60.5. The van der Waals surface area contributed by atoms with Crippen molar-refractivity contribution in [1.29, 1.82) is 0 Å². The van der Waals surface area contributed by atoms with Gasteiger partial charge >= 0.3 is 66.1 Å². The lowest BCUT2D eigenvalue weighted by Crippen LogP contribution is -2.44. The van der Waals surface area contributed by atoms with Crippen LogP contribution in [0.15, 0.2) is 211 Å². The lowest BCUT2D eigenvalue weighted by Gasteiger charge is -2.19. The molecule has 8 aromatic carbocycles. The second-order valence-electron chi connectivity index (χ2n) is 24.0. The number of phenols is 4. The van der Waals surface area contributed by atoms with Crippen LogP contribution >= 0.6 is 0 Å². The van der Waals surface area contributed by atoms with E-state index < -0.39 is 83.0 Å². The van der Waals surface area contributed by atoms with Gasteiger partial charge in [-0.05, 0) is 142 Å². The van der Waals surface area contributed by atoms with Gasteiger partial charge in [-0.25, -0.2) is 28.8 Å². The largest absolute Gasteiger partial charge is 0.508 e. The maximum Gasteiger partial charge on any atom is 0.421 e. The number of hydrogen-bond donors (Lipinski definition) is 16. The Morgan fingerprint density at radius 1 is 0.362 bits per heavy atom. The SMILES string of the molecule is C.C.C.C.C.C.C.C.C.C.C.C.CC(C)(C)OC(=O)N[B]NC(=O)Cc1cc(N=Nc2ccccc2C(=O)O)ccc1O.N[B]NC(=O)Cc1cc(N=Nc2ccccc2C(=O)O)ccc1O.O=C(Cc1cc(N=Nc2ccccc2C(=O)O)ccc1O)N[B]NC(=O)ON1C(=O)CCC1=O.O=C(O)[B]NC(=O)Cc1cc(N=Nc2ccccc2C(=O)O)ccc1O. The number of amides is 8. The van der Waals surface area contributed by atoms with Crippen molar-refractivity contribution in [1.82, 2.24) is 36.4 Å². The summed E-state index contributed by atoms with van der Waals surface area (Å²) >= 11 is 0. The molecule has 8 amide bonds. The molecule has 0 aliphatic carbocycles. The summed E-state index contributed by atoms with van der Waals surface area (Å²) in [6, 6.07) is 41.3. The number of carboxylic acid groups (broad SMARTS) is 5. The molecule has 1 heterocycles. The quantitative estimate of drug-likeness (QED) is 0.0123. The lowest BCUT2D eigenvalue weighted by atomic mass is 9.95. The number of aromatic hydroxyl groups is 4. The minimum atomic E-state index is -1.30. The second kappa shape index (κ2) is 61.7. The number of nitrogens with one attached hydrogen (secondary N) is 6. The average molecular weight is 1760 g/mol. The molecule has 0 atom stereocenters. The van der Waals surface area contributed by atoms with Crippen molar-refractivity contribution in [3.63, 3.8) is 0 Å². The topological polar surface area (TPSA) is 623 Å². The van der Waals surface area contributed by atoms with E-state index >= 15 is 0 Å². The number of hydrogen-bond acceptors (Lipinski definition) is 28. The van der Waals surface area contributed by atoms with Gasteiger partial charge in [0, 0.05) is 35.1 Å². The molecule has 0 saturated carbocycles. The third-order valence-electron chi connectivity index (χ3n) is 14.3. The normalized spacial score (nSPS) is 10.3. The van der Waals surface area contributed by atoms with Crippen molar-refractivity contribution in [3.05, 3.63) is 214 Å². The van der Waals surface area contributed by atoms with E-state index in [9.17, 15) is 93.0 Å². The molecular weight excluding hydrogens is 1650 g/mol. The number of benzene rings is 8. The molecule has 1 aliphatic heterocycles. The highest BCUT2D eigenvalue weighted by Crippen LogP contribution is 2.32. The first-order chi connectivity index (χ1) is 54.7. The molecule has 127 heavy (non-hydrogen) atoms. The average Bonchev–Trinajstić information content (AvgIpc) is 1.71. The Kier molecular flexibility index (Phi) is 60.6. The van der Waals surface area contributed by atoms with Gasteiger partial charge in [-0.15, -0.1) is 25.5 Å². The van der Waals surface area contributed by atoms with Crippen LogP contribution in [0.2, 0.25) is 0 Å². The number of hydroxylamine groups is 2. The van der Waals surface area contributed by atoms with Crippen molar-refractivity contribution in [2.45, 2.75) is 154 Å². The number of carbonyl (C=O) groups is 13.